The summed E-state index contributed by atoms with van der Waals surface area (Å²) in [4.78, 5) is 138. The standard InChI is InChI=1S/C89H99Cl2N9O33/c1-34(2)9-7-5-4-6-8-10-61(109)95-69-75(114)72(111)59(32-102)130-88(69)133-79-56-26-41-27-57(79)127-53-18-14-39(24-48(53)91)78(132-87-68(93-35(3)104)74(113)71(110)58(31-101)129-87)70-85(122)99-67(86(123)124)46-29-43(106)30-55(128-89-77(116)76(115)73(112)60(33-103)131-89)62(46)45-23-38(13-15-50(45)107)64(82(119)100-70)97-84(121)66(41)98-83(120)65-40-21-42(105)28-44(22-40)125-54-25-37(12-16-51(54)108)63(92)81(118)94-49(80(117)96-65)20-36-11-17-52(126-56)47(90)19-36/h11-19,21-30,34,49,58-60,63-78,87-89,101-103,105-108,110-116H,4-10,20,31-33,92H2,1-3H3,(H,93,104)(H,94,118)(H,95,109)(H,96,117)(H,97,121)(H,98,120)(H,99,122)(H,100,119)(H,123,124)/t49-,58-,59-,60-,63-,64-,65+,66-,67-,68+,69-,70+,71-,72-,73-,74-,75-,76+,77-,78-,87+,88-,89+/m1/s1. The highest BCUT2D eigenvalue weighted by molar-refractivity contribution is 6.32. The van der Waals surface area contributed by atoms with Gasteiger partial charge < -0.3 is 167 Å². The molecule has 44 heteroatoms. The molecule has 0 radical (unpaired) electrons. The Balaban J connectivity index is 1.03. The van der Waals surface area contributed by atoms with Crippen molar-refractivity contribution >= 4 is 76.4 Å². The number of carbonyl (C=O) groups excluding carboxylic acids is 8. The van der Waals surface area contributed by atoms with E-state index in [9.17, 15) is 95.8 Å². The molecule has 3 saturated heterocycles. The smallest absolute Gasteiger partial charge is 0.330 e. The summed E-state index contributed by atoms with van der Waals surface area (Å²) in [5.74, 6) is -19.1. The molecule has 25 N–H and O–H groups in total. The fourth-order valence-corrected chi connectivity index (χ4v) is 17.1. The van der Waals surface area contributed by atoms with Crippen molar-refractivity contribution in [3.05, 3.63) is 164 Å². The van der Waals surface area contributed by atoms with Gasteiger partial charge in [-0.3, -0.25) is 38.4 Å². The van der Waals surface area contributed by atoms with E-state index < -0.39 is 316 Å². The predicted octanol–water partition coefficient (Wildman–Crippen LogP) is 1.41. The number of benzene rings is 7. The lowest BCUT2D eigenvalue weighted by molar-refractivity contribution is -0.284. The summed E-state index contributed by atoms with van der Waals surface area (Å²) < 4.78 is 57.5. The van der Waals surface area contributed by atoms with Crippen LogP contribution in [0, 0.1) is 5.92 Å². The highest BCUT2D eigenvalue weighted by Gasteiger charge is 2.52. The molecule has 0 spiro atoms. The molecule has 3 fully saturated rings. The Morgan fingerprint density at radius 3 is 1.68 bits per heavy atom. The number of aliphatic carboxylic acids is 1. The van der Waals surface area contributed by atoms with Gasteiger partial charge in [0.25, 0.3) is 0 Å². The predicted molar refractivity (Wildman–Crippen MR) is 458 cm³/mol. The molecule has 16 rings (SSSR count). The fourth-order valence-electron chi connectivity index (χ4n) is 16.6. The Kier molecular flexibility index (Phi) is 30.0. The first-order chi connectivity index (χ1) is 63.4. The largest absolute Gasteiger partial charge is 0.508 e. The second-order valence-electron chi connectivity index (χ2n) is 33.5. The number of aliphatic hydroxyl groups is 10. The Morgan fingerprint density at radius 2 is 1.05 bits per heavy atom. The van der Waals surface area contributed by atoms with Gasteiger partial charge in [0.15, 0.2) is 35.3 Å². The zero-order valence-corrected chi connectivity index (χ0v) is 72.5. The molecule has 23 atom stereocenters. The van der Waals surface area contributed by atoms with E-state index in [0.717, 1.165) is 118 Å². The van der Waals surface area contributed by atoms with E-state index in [1.807, 2.05) is 0 Å². The van der Waals surface area contributed by atoms with Gasteiger partial charge in [-0.25, -0.2) is 4.79 Å². The number of rotatable bonds is 20. The second kappa shape index (κ2) is 41.2. The molecule has 7 aromatic rings. The molecule has 0 aromatic heterocycles. The molecule has 17 bridgehead atoms. The quantitative estimate of drug-likeness (QED) is 0.0480. The Bertz CT molecular complexity index is 5580. The molecule has 0 aliphatic carbocycles. The molecular formula is C89H99Cl2N9O33. The number of hydrogen-bond acceptors (Lipinski definition) is 33. The van der Waals surface area contributed by atoms with Crippen LogP contribution in [0.25, 0.3) is 11.1 Å². The van der Waals surface area contributed by atoms with Crippen molar-refractivity contribution in [2.75, 3.05) is 19.8 Å². The van der Waals surface area contributed by atoms with E-state index in [-0.39, 0.29) is 39.8 Å². The number of amides is 8. The van der Waals surface area contributed by atoms with Gasteiger partial charge in [0.05, 0.1) is 29.9 Å². The maximum atomic E-state index is 17.0. The Hall–Kier alpha value is -12.0. The molecule has 8 amide bonds. The highest BCUT2D eigenvalue weighted by atomic mass is 35.5. The molecule has 0 unspecified atom stereocenters. The van der Waals surface area contributed by atoms with E-state index in [0.29, 0.717) is 18.8 Å². The number of carboxylic acids is 1. The number of nitrogens with two attached hydrogens (primary N) is 1. The third-order valence-corrected chi connectivity index (χ3v) is 24.2. The van der Waals surface area contributed by atoms with E-state index in [1.54, 1.807) is 0 Å². The summed E-state index contributed by atoms with van der Waals surface area (Å²) >= 11 is 14.7. The van der Waals surface area contributed by atoms with Crippen molar-refractivity contribution in [3.8, 4) is 80.1 Å². The molecule has 9 aliphatic heterocycles. The van der Waals surface area contributed by atoms with Crippen molar-refractivity contribution in [3.63, 3.8) is 0 Å². The highest BCUT2D eigenvalue weighted by Crippen LogP contribution is 2.51. The van der Waals surface area contributed by atoms with Crippen molar-refractivity contribution in [1.82, 2.24) is 42.5 Å². The number of phenolic OH excluding ortho intramolecular Hbond substituents is 4. The number of nitrogens with one attached hydrogen (secondary N) is 8. The minimum absolute atomic E-state index is 0.0270. The maximum Gasteiger partial charge on any atom is 0.330 e. The molecule has 0 saturated carbocycles. The van der Waals surface area contributed by atoms with Gasteiger partial charge in [-0.15, -0.1) is 0 Å². The van der Waals surface area contributed by atoms with E-state index in [2.05, 4.69) is 56.4 Å². The van der Waals surface area contributed by atoms with Gasteiger partial charge in [0.1, 0.15) is 156 Å². The van der Waals surface area contributed by atoms with E-state index in [4.69, 9.17) is 71.6 Å². The summed E-state index contributed by atoms with van der Waals surface area (Å²) in [7, 11) is 0. The molecule has 712 valence electrons. The van der Waals surface area contributed by atoms with Crippen LogP contribution in [0.15, 0.2) is 115 Å². The van der Waals surface area contributed by atoms with Gasteiger partial charge in [0, 0.05) is 48.6 Å². The van der Waals surface area contributed by atoms with Crippen LogP contribution in [-0.2, 0) is 68.5 Å². The number of hydrogen-bond donors (Lipinski definition) is 24. The zero-order valence-electron chi connectivity index (χ0n) is 71.0. The van der Waals surface area contributed by atoms with Crippen molar-refractivity contribution in [2.45, 2.75) is 213 Å². The number of fused-ring (bicyclic) bond motifs is 14. The number of phenols is 4. The number of halogens is 2. The molecular weight excluding hydrogens is 1790 g/mol. The molecule has 42 nitrogen and oxygen atoms in total. The SMILES string of the molecule is CC(=O)N[C@@H]1[C@H](O[C@@H]2c3ccc(c(Cl)c3)Oc3cc4cc(c3O[C@H]3O[C@H](CO)[C@@H](O)[C@H](O)[C@H]3NC(=O)CCCCCCCC(C)C)Oc3ccc(cc3Cl)C[C@H]3NC(=O)[C@H](N)c5ccc(O)c(c5)Oc5cc(O)cc(c5)[C@H](NC3=O)C(=O)N[C@H]4C(=O)N[C@H]3C(=O)N[C@@H]2C(=O)N[C@@H](C(=O)O)c2cc(O)cc(O[C@H]4O[C@H](CO)[C@@H](O)[C@H](O)[C@H]4O)c2-c2cc3ccc2O)O[C@H](CO)[C@@H](O)[C@@H]1O. The summed E-state index contributed by atoms with van der Waals surface area (Å²) in [5.41, 5.74) is 2.80. The maximum absolute atomic E-state index is 17.0. The third-order valence-electron chi connectivity index (χ3n) is 23.6. The average molecular weight is 1890 g/mol. The lowest BCUT2D eigenvalue weighted by Crippen LogP contribution is -2.65. The van der Waals surface area contributed by atoms with Crippen LogP contribution in [0.5, 0.6) is 69.0 Å². The molecule has 133 heavy (non-hydrogen) atoms. The number of aliphatic hydroxyl groups excluding tert-OH is 10. The van der Waals surface area contributed by atoms with Gasteiger partial charge in [-0.05, 0) is 125 Å². The van der Waals surface area contributed by atoms with Gasteiger partial charge in [-0.1, -0.05) is 93.4 Å². The fraction of sp³-hybridized carbons (Fsp3) is 0.427. The van der Waals surface area contributed by atoms with Crippen LogP contribution in [0.4, 0.5) is 0 Å². The van der Waals surface area contributed by atoms with Crippen LogP contribution in [0.3, 0.4) is 0 Å². The average Bonchev–Trinajstić information content (AvgIpc) is 0.755. The van der Waals surface area contributed by atoms with Crippen molar-refractivity contribution in [1.29, 1.82) is 0 Å². The van der Waals surface area contributed by atoms with Crippen LogP contribution < -0.4 is 72.0 Å². The molecule has 9 heterocycles. The number of ether oxygens (including phenoxy) is 9. The third kappa shape index (κ3) is 21.3. The second-order valence-corrected chi connectivity index (χ2v) is 34.4. The number of aromatic hydroxyl groups is 4. The summed E-state index contributed by atoms with van der Waals surface area (Å²) in [6, 6.07) is 0.677. The molecule has 7 aromatic carbocycles. The van der Waals surface area contributed by atoms with Crippen LogP contribution in [0.1, 0.15) is 141 Å². The van der Waals surface area contributed by atoms with Crippen LogP contribution in [-0.4, -0.2) is 254 Å². The molecule has 9 aliphatic rings. The lowest BCUT2D eigenvalue weighted by atomic mass is 9.89. The van der Waals surface area contributed by atoms with E-state index in [1.165, 1.54) is 30.3 Å². The first-order valence-electron chi connectivity index (χ1n) is 42.5. The summed E-state index contributed by atoms with van der Waals surface area (Å²) in [6.07, 6.45) is -24.9. The van der Waals surface area contributed by atoms with Gasteiger partial charge in [0.2, 0.25) is 65.6 Å². The van der Waals surface area contributed by atoms with Crippen molar-refractivity contribution < 1.29 is 162 Å². The number of unbranched alkanes of at least 4 members (excludes halogenated alkanes) is 4. The Labute approximate surface area is 766 Å². The van der Waals surface area contributed by atoms with Gasteiger partial charge in [-0.2, -0.15) is 0 Å². The minimum Gasteiger partial charge on any atom is -0.508 e. The first kappa shape index (κ1) is 97.0. The zero-order chi connectivity index (χ0) is 95.6. The number of carboxylic acid groups (broad SMARTS) is 1. The van der Waals surface area contributed by atoms with E-state index >= 15 is 24.0 Å². The van der Waals surface area contributed by atoms with Crippen molar-refractivity contribution in [2.24, 2.45) is 11.7 Å². The van der Waals surface area contributed by atoms with Crippen LogP contribution in [0.2, 0.25) is 10.0 Å². The number of carbonyl (C=O) groups is 9. The van der Waals surface area contributed by atoms with Crippen LogP contribution >= 0.6 is 23.2 Å². The lowest BCUT2D eigenvalue weighted by Gasteiger charge is -2.44. The summed E-state index contributed by atoms with van der Waals surface area (Å²) in [6.45, 7) is 2.03. The minimum atomic E-state index is -2.59. The monoisotopic (exact) mass is 1890 g/mol. The topological polar surface area (TPSA) is 662 Å². The Morgan fingerprint density at radius 1 is 0.496 bits per heavy atom. The van der Waals surface area contributed by atoms with Gasteiger partial charge >= 0.3 is 5.97 Å². The normalized spacial score (nSPS) is 28.8. The summed E-state index contributed by atoms with van der Waals surface area (Å²) in [5, 5.41) is 190. The first-order valence-corrected chi connectivity index (χ1v) is 43.2.